The summed E-state index contributed by atoms with van der Waals surface area (Å²) in [7, 11) is 3.27. The maximum absolute atomic E-state index is 14.6. The van der Waals surface area contributed by atoms with Gasteiger partial charge in [-0.2, -0.15) is 0 Å². The molecular weight excluding hydrogens is 574 g/mol. The highest BCUT2D eigenvalue weighted by Gasteiger charge is 2.69. The van der Waals surface area contributed by atoms with Crippen molar-refractivity contribution in [2.75, 3.05) is 19.5 Å². The lowest BCUT2D eigenvalue weighted by molar-refractivity contribution is -0.212. The molecule has 5 aliphatic carbocycles. The number of benzene rings is 1. The number of rotatable bonds is 5. The molecule has 0 heterocycles. The van der Waals surface area contributed by atoms with Crippen molar-refractivity contribution in [3.05, 3.63) is 29.8 Å². The molecule has 5 aliphatic rings. The van der Waals surface area contributed by atoms with Crippen LogP contribution in [-0.4, -0.2) is 32.2 Å². The maximum atomic E-state index is 14.6. The first-order valence-corrected chi connectivity index (χ1v) is 18.0. The van der Waals surface area contributed by atoms with Crippen LogP contribution < -0.4 is 14.8 Å². The highest BCUT2D eigenvalue weighted by molar-refractivity contribution is 5.96. The second kappa shape index (κ2) is 11.3. The van der Waals surface area contributed by atoms with Crippen LogP contribution in [0.1, 0.15) is 113 Å². The second-order valence-electron chi connectivity index (χ2n) is 17.3. The monoisotopic (exact) mass is 633 g/mol. The summed E-state index contributed by atoms with van der Waals surface area (Å²) in [6.45, 7) is 18.9. The average Bonchev–Trinajstić information content (AvgIpc) is 3.00. The first-order valence-electron chi connectivity index (χ1n) is 18.0. The van der Waals surface area contributed by atoms with Crippen LogP contribution >= 0.6 is 0 Å². The highest BCUT2D eigenvalue weighted by atomic mass is 16.5. The number of esters is 1. The Morgan fingerprint density at radius 1 is 0.848 bits per heavy atom. The van der Waals surface area contributed by atoms with Gasteiger partial charge in [-0.25, -0.2) is 0 Å². The summed E-state index contributed by atoms with van der Waals surface area (Å²) in [4.78, 5) is 26.7. The fourth-order valence-corrected chi connectivity index (χ4v) is 12.4. The van der Waals surface area contributed by atoms with Crippen molar-refractivity contribution in [2.24, 2.45) is 56.7 Å². The number of allylic oxidation sites excluding steroid dienone is 2. The molecule has 1 N–H and O–H groups in total. The van der Waals surface area contributed by atoms with E-state index in [2.05, 4.69) is 59.9 Å². The second-order valence-corrected chi connectivity index (χ2v) is 17.3. The van der Waals surface area contributed by atoms with Gasteiger partial charge in [0, 0.05) is 24.1 Å². The number of nitrogens with one attached hydrogen (secondary N) is 1. The molecule has 6 nitrogen and oxygen atoms in total. The van der Waals surface area contributed by atoms with E-state index in [9.17, 15) is 9.59 Å². The van der Waals surface area contributed by atoms with Gasteiger partial charge in [-0.05, 0) is 116 Å². The number of fused-ring (bicyclic) bond motifs is 7. The number of methoxy groups -OCH3 is 2. The Hall–Kier alpha value is -2.50. The quantitative estimate of drug-likeness (QED) is 0.258. The van der Waals surface area contributed by atoms with Crippen LogP contribution in [0.2, 0.25) is 0 Å². The molecule has 0 saturated heterocycles. The van der Waals surface area contributed by atoms with E-state index < -0.39 is 5.41 Å². The predicted octanol–water partition coefficient (Wildman–Crippen LogP) is 9.23. The standard InChI is InChI=1S/C40H59NO5/c1-24-15-20-40(35(43)41-27-11-13-29(44-9)30(23-27)45-10)22-21-38(7)28(34(40)25(24)2)12-14-32-37(6)18-17-33(46-26(3)42)36(4,5)31(37)16-19-39(32,38)8/h11-13,23-25,31-34H,14-22H2,1-10H3,(H,41,43)/t24-,25+,31+,32-,33+,34+,37+,38-,39-,40+/m1/s1. The third-order valence-corrected chi connectivity index (χ3v) is 15.3. The zero-order valence-corrected chi connectivity index (χ0v) is 30.2. The Morgan fingerprint density at radius 3 is 2.24 bits per heavy atom. The van der Waals surface area contributed by atoms with Gasteiger partial charge in [0.15, 0.2) is 11.5 Å². The summed E-state index contributed by atoms with van der Waals surface area (Å²) >= 11 is 0. The Labute approximate surface area is 277 Å². The van der Waals surface area contributed by atoms with Crippen LogP contribution in [0, 0.1) is 56.7 Å². The summed E-state index contributed by atoms with van der Waals surface area (Å²) < 4.78 is 17.0. The minimum absolute atomic E-state index is 0.0123. The van der Waals surface area contributed by atoms with E-state index >= 15 is 0 Å². The zero-order valence-electron chi connectivity index (χ0n) is 30.2. The van der Waals surface area contributed by atoms with E-state index in [-0.39, 0.29) is 45.6 Å². The molecule has 1 amide bonds. The lowest BCUT2D eigenvalue weighted by Crippen LogP contribution is -2.65. The van der Waals surface area contributed by atoms with Crippen molar-refractivity contribution in [1.82, 2.24) is 0 Å². The smallest absolute Gasteiger partial charge is 0.302 e. The van der Waals surface area contributed by atoms with E-state index in [0.29, 0.717) is 35.2 Å². The molecule has 4 saturated carbocycles. The van der Waals surface area contributed by atoms with Gasteiger partial charge in [0.05, 0.1) is 19.6 Å². The Balaban J connectivity index is 1.36. The molecule has 0 radical (unpaired) electrons. The van der Waals surface area contributed by atoms with Crippen LogP contribution in [-0.2, 0) is 14.3 Å². The number of anilines is 1. The Bertz CT molecular complexity index is 1420. The molecule has 46 heavy (non-hydrogen) atoms. The molecule has 254 valence electrons. The van der Waals surface area contributed by atoms with Gasteiger partial charge in [0.2, 0.25) is 5.91 Å². The van der Waals surface area contributed by atoms with Gasteiger partial charge in [0.25, 0.3) is 0 Å². The van der Waals surface area contributed by atoms with Gasteiger partial charge in [0.1, 0.15) is 6.10 Å². The SMILES string of the molecule is COc1ccc(NC(=O)[C@]23CC[C@@H](C)[C@H](C)[C@H]2C2=CC[C@@H]4[C@@]5(C)CC[C@H](OC(C)=O)C(C)(C)[C@@H]5CC[C@@]4(C)[C@]2(C)CC3)cc1OC. The molecule has 10 atom stereocenters. The zero-order chi connectivity index (χ0) is 33.4. The van der Waals surface area contributed by atoms with E-state index in [0.717, 1.165) is 50.6 Å². The molecule has 4 fully saturated rings. The number of carbonyl (C=O) groups is 2. The van der Waals surface area contributed by atoms with E-state index in [1.165, 1.54) is 12.8 Å². The highest BCUT2D eigenvalue weighted by Crippen LogP contribution is 2.76. The lowest BCUT2D eigenvalue weighted by atomic mass is 9.33. The number of hydrogen-bond acceptors (Lipinski definition) is 5. The summed E-state index contributed by atoms with van der Waals surface area (Å²) in [6, 6.07) is 5.68. The Kier molecular flexibility index (Phi) is 8.20. The van der Waals surface area contributed by atoms with Gasteiger partial charge < -0.3 is 19.5 Å². The molecular formula is C40H59NO5. The topological polar surface area (TPSA) is 73.9 Å². The minimum atomic E-state index is -0.418. The van der Waals surface area contributed by atoms with Crippen LogP contribution in [0.5, 0.6) is 11.5 Å². The minimum Gasteiger partial charge on any atom is -0.493 e. The summed E-state index contributed by atoms with van der Waals surface area (Å²) in [5.41, 5.74) is 2.25. The maximum Gasteiger partial charge on any atom is 0.302 e. The molecule has 1 aromatic rings. The van der Waals surface area contributed by atoms with Gasteiger partial charge in [-0.1, -0.05) is 60.1 Å². The lowest BCUT2D eigenvalue weighted by Gasteiger charge is -2.71. The van der Waals surface area contributed by atoms with Crippen molar-refractivity contribution in [1.29, 1.82) is 0 Å². The van der Waals surface area contributed by atoms with E-state index in [1.807, 2.05) is 18.2 Å². The molecule has 6 heteroatoms. The van der Waals surface area contributed by atoms with Crippen molar-refractivity contribution < 1.29 is 23.8 Å². The Morgan fingerprint density at radius 2 is 1.57 bits per heavy atom. The van der Waals surface area contributed by atoms with Crippen molar-refractivity contribution in [2.45, 2.75) is 119 Å². The summed E-state index contributed by atoms with van der Waals surface area (Å²) in [6.07, 6.45) is 12.1. The number of amides is 1. The summed E-state index contributed by atoms with van der Waals surface area (Å²) in [5, 5.41) is 3.37. The molecule has 0 aromatic heterocycles. The number of hydrogen-bond donors (Lipinski definition) is 1. The average molecular weight is 634 g/mol. The fraction of sp³-hybridized carbons (Fsp3) is 0.750. The molecule has 0 bridgehead atoms. The van der Waals surface area contributed by atoms with E-state index in [4.69, 9.17) is 14.2 Å². The number of ether oxygens (including phenoxy) is 3. The molecule has 0 aliphatic heterocycles. The molecule has 6 rings (SSSR count). The molecule has 0 unspecified atom stereocenters. The first-order chi connectivity index (χ1) is 21.6. The number of carbonyl (C=O) groups excluding carboxylic acids is 2. The van der Waals surface area contributed by atoms with Crippen molar-refractivity contribution >= 4 is 17.6 Å². The van der Waals surface area contributed by atoms with Crippen LogP contribution in [0.15, 0.2) is 29.8 Å². The third-order valence-electron chi connectivity index (χ3n) is 15.3. The van der Waals surface area contributed by atoms with Gasteiger partial charge >= 0.3 is 5.97 Å². The van der Waals surface area contributed by atoms with Crippen molar-refractivity contribution in [3.8, 4) is 11.5 Å². The van der Waals surface area contributed by atoms with E-state index in [1.54, 1.807) is 26.7 Å². The van der Waals surface area contributed by atoms with Crippen LogP contribution in [0.3, 0.4) is 0 Å². The predicted molar refractivity (Wildman–Crippen MR) is 183 cm³/mol. The van der Waals surface area contributed by atoms with Crippen LogP contribution in [0.25, 0.3) is 0 Å². The molecule has 0 spiro atoms. The van der Waals surface area contributed by atoms with Gasteiger partial charge in [-0.15, -0.1) is 0 Å². The molecule has 1 aromatic carbocycles. The third kappa shape index (κ3) is 4.61. The first kappa shape index (κ1) is 33.4. The van der Waals surface area contributed by atoms with Crippen LogP contribution in [0.4, 0.5) is 5.69 Å². The summed E-state index contributed by atoms with van der Waals surface area (Å²) in [5.74, 6) is 3.61. The normalized spacial score (nSPS) is 42.6. The largest absolute Gasteiger partial charge is 0.493 e. The van der Waals surface area contributed by atoms with Gasteiger partial charge in [-0.3, -0.25) is 9.59 Å². The fourth-order valence-electron chi connectivity index (χ4n) is 12.4. The van der Waals surface area contributed by atoms with Crippen molar-refractivity contribution in [3.63, 3.8) is 0 Å².